The molecule has 1 rings (SSSR count). The van der Waals surface area contributed by atoms with E-state index in [0.717, 1.165) is 38.4 Å². The lowest BCUT2D eigenvalue weighted by Crippen LogP contribution is -2.39. The summed E-state index contributed by atoms with van der Waals surface area (Å²) in [6.45, 7) is 3.17. The molecule has 84 valence electrons. The van der Waals surface area contributed by atoms with Crippen molar-refractivity contribution in [3.63, 3.8) is 0 Å². The molecule has 1 heterocycles. The number of aliphatic imine (C=N–C) groups is 1. The molecule has 1 aliphatic heterocycles. The molecular weight excluding hydrogens is 188 g/mol. The van der Waals surface area contributed by atoms with Gasteiger partial charge in [-0.25, -0.2) is 0 Å². The van der Waals surface area contributed by atoms with Gasteiger partial charge in [-0.05, 0) is 25.7 Å². The topological polar surface area (TPSA) is 51.4 Å². The van der Waals surface area contributed by atoms with E-state index < -0.39 is 0 Å². The Bertz CT molecular complexity index is 235. The maximum Gasteiger partial charge on any atom is 0.193 e. The Morgan fingerprint density at radius 3 is 2.73 bits per heavy atom. The van der Waals surface area contributed by atoms with Crippen molar-refractivity contribution in [3.05, 3.63) is 0 Å². The molecule has 0 atom stereocenters. The van der Waals surface area contributed by atoms with Crippen LogP contribution in [-0.2, 0) is 0 Å². The average molecular weight is 208 g/mol. The maximum atomic E-state index is 8.39. The molecule has 0 unspecified atom stereocenters. The number of likely N-dealkylation sites (tertiary alicyclic amines) is 1. The fourth-order valence-corrected chi connectivity index (χ4v) is 1.79. The van der Waals surface area contributed by atoms with Crippen LogP contribution in [0.1, 0.15) is 32.1 Å². The smallest absolute Gasteiger partial charge is 0.193 e. The van der Waals surface area contributed by atoms with Crippen LogP contribution in [0.3, 0.4) is 0 Å². The first-order valence-electron chi connectivity index (χ1n) is 5.71. The van der Waals surface area contributed by atoms with Crippen LogP contribution in [0.5, 0.6) is 0 Å². The van der Waals surface area contributed by atoms with E-state index in [1.54, 1.807) is 0 Å². The summed E-state index contributed by atoms with van der Waals surface area (Å²) in [4.78, 5) is 6.55. The van der Waals surface area contributed by atoms with Gasteiger partial charge in [0.05, 0.1) is 6.07 Å². The van der Waals surface area contributed by atoms with Gasteiger partial charge in [0.2, 0.25) is 0 Å². The Balaban J connectivity index is 2.14. The summed E-state index contributed by atoms with van der Waals surface area (Å²) in [5.41, 5.74) is 0. The van der Waals surface area contributed by atoms with Gasteiger partial charge in [-0.2, -0.15) is 5.26 Å². The lowest BCUT2D eigenvalue weighted by Gasteiger charge is -2.20. The Hall–Kier alpha value is -1.24. The quantitative estimate of drug-likeness (QED) is 0.431. The van der Waals surface area contributed by atoms with Crippen LogP contribution in [0.25, 0.3) is 0 Å². The zero-order valence-corrected chi connectivity index (χ0v) is 9.50. The minimum absolute atomic E-state index is 0.657. The first-order valence-corrected chi connectivity index (χ1v) is 5.71. The number of rotatable bonds is 4. The van der Waals surface area contributed by atoms with Crippen LogP contribution in [0.2, 0.25) is 0 Å². The van der Waals surface area contributed by atoms with Gasteiger partial charge in [0, 0.05) is 33.1 Å². The van der Waals surface area contributed by atoms with Crippen molar-refractivity contribution in [1.29, 1.82) is 5.26 Å². The van der Waals surface area contributed by atoms with E-state index in [0.29, 0.717) is 6.42 Å². The summed E-state index contributed by atoms with van der Waals surface area (Å²) in [5.74, 6) is 1.02. The van der Waals surface area contributed by atoms with Crippen molar-refractivity contribution in [2.75, 3.05) is 26.7 Å². The zero-order valence-electron chi connectivity index (χ0n) is 9.50. The van der Waals surface area contributed by atoms with Gasteiger partial charge in [0.25, 0.3) is 0 Å². The van der Waals surface area contributed by atoms with Gasteiger partial charge >= 0.3 is 0 Å². The molecule has 1 fully saturated rings. The number of nitrogens with one attached hydrogen (secondary N) is 1. The number of guanidine groups is 1. The highest BCUT2D eigenvalue weighted by molar-refractivity contribution is 5.80. The molecule has 4 heteroatoms. The van der Waals surface area contributed by atoms with Crippen LogP contribution in [0.15, 0.2) is 4.99 Å². The van der Waals surface area contributed by atoms with Crippen molar-refractivity contribution in [2.45, 2.75) is 32.1 Å². The largest absolute Gasteiger partial charge is 0.356 e. The SMILES string of the molecule is CN=C(NCCCCC#N)N1CCCC1. The second kappa shape index (κ2) is 7.10. The van der Waals surface area contributed by atoms with Crippen molar-refractivity contribution >= 4 is 5.96 Å². The van der Waals surface area contributed by atoms with Gasteiger partial charge in [-0.15, -0.1) is 0 Å². The van der Waals surface area contributed by atoms with Crippen molar-refractivity contribution in [2.24, 2.45) is 4.99 Å². The molecule has 0 radical (unpaired) electrons. The lowest BCUT2D eigenvalue weighted by molar-refractivity contribution is 0.491. The fourth-order valence-electron chi connectivity index (χ4n) is 1.79. The Morgan fingerprint density at radius 2 is 2.13 bits per heavy atom. The van der Waals surface area contributed by atoms with Crippen molar-refractivity contribution < 1.29 is 0 Å². The molecule has 1 N–H and O–H groups in total. The predicted octanol–water partition coefficient (Wildman–Crippen LogP) is 1.35. The first-order chi connectivity index (χ1) is 7.38. The van der Waals surface area contributed by atoms with Crippen LogP contribution in [0.4, 0.5) is 0 Å². The van der Waals surface area contributed by atoms with Gasteiger partial charge < -0.3 is 10.2 Å². The van der Waals surface area contributed by atoms with E-state index in [-0.39, 0.29) is 0 Å². The minimum atomic E-state index is 0.657. The standard InChI is InChI=1S/C11H20N4/c1-13-11(15-9-5-6-10-15)14-8-4-2-3-7-12/h2-6,8-10H2,1H3,(H,13,14). The molecule has 0 spiro atoms. The summed E-state index contributed by atoms with van der Waals surface area (Å²) in [5, 5.41) is 11.7. The first kappa shape index (κ1) is 11.8. The van der Waals surface area contributed by atoms with Crippen LogP contribution >= 0.6 is 0 Å². The van der Waals surface area contributed by atoms with Gasteiger partial charge in [0.15, 0.2) is 5.96 Å². The number of unbranched alkanes of at least 4 members (excludes halogenated alkanes) is 2. The second-order valence-corrected chi connectivity index (χ2v) is 3.78. The highest BCUT2D eigenvalue weighted by Gasteiger charge is 2.14. The third-order valence-corrected chi connectivity index (χ3v) is 2.62. The van der Waals surface area contributed by atoms with Gasteiger partial charge in [-0.3, -0.25) is 4.99 Å². The molecule has 4 nitrogen and oxygen atoms in total. The Morgan fingerprint density at radius 1 is 1.40 bits per heavy atom. The normalized spacial score (nSPS) is 16.5. The van der Waals surface area contributed by atoms with E-state index >= 15 is 0 Å². The molecule has 0 amide bonds. The number of nitriles is 1. The molecule has 0 aromatic carbocycles. The fraction of sp³-hybridized carbons (Fsp3) is 0.818. The van der Waals surface area contributed by atoms with E-state index in [4.69, 9.17) is 5.26 Å². The summed E-state index contributed by atoms with van der Waals surface area (Å²) < 4.78 is 0. The summed E-state index contributed by atoms with van der Waals surface area (Å²) in [7, 11) is 1.83. The molecule has 1 saturated heterocycles. The maximum absolute atomic E-state index is 8.39. The molecule has 0 aliphatic carbocycles. The molecule has 0 saturated carbocycles. The Labute approximate surface area is 92.0 Å². The molecule has 0 aromatic heterocycles. The summed E-state index contributed by atoms with van der Waals surface area (Å²) >= 11 is 0. The monoisotopic (exact) mass is 208 g/mol. The van der Waals surface area contributed by atoms with Crippen molar-refractivity contribution in [3.8, 4) is 6.07 Å². The second-order valence-electron chi connectivity index (χ2n) is 3.78. The van der Waals surface area contributed by atoms with E-state index in [9.17, 15) is 0 Å². The van der Waals surface area contributed by atoms with Crippen LogP contribution in [-0.4, -0.2) is 37.5 Å². The average Bonchev–Trinajstić information content (AvgIpc) is 2.77. The molecule has 15 heavy (non-hydrogen) atoms. The van der Waals surface area contributed by atoms with Gasteiger partial charge in [-0.1, -0.05) is 0 Å². The molecule has 0 bridgehead atoms. The Kier molecular flexibility index (Phi) is 5.60. The zero-order chi connectivity index (χ0) is 10.9. The predicted molar refractivity (Wildman–Crippen MR) is 61.6 cm³/mol. The van der Waals surface area contributed by atoms with Gasteiger partial charge in [0.1, 0.15) is 0 Å². The minimum Gasteiger partial charge on any atom is -0.356 e. The highest BCUT2D eigenvalue weighted by Crippen LogP contribution is 2.07. The lowest BCUT2D eigenvalue weighted by atomic mass is 10.2. The molecule has 1 aliphatic rings. The van der Waals surface area contributed by atoms with Crippen molar-refractivity contribution in [1.82, 2.24) is 10.2 Å². The molecular formula is C11H20N4. The van der Waals surface area contributed by atoms with E-state index in [1.807, 2.05) is 7.05 Å². The van der Waals surface area contributed by atoms with Crippen LogP contribution in [0, 0.1) is 11.3 Å². The van der Waals surface area contributed by atoms with E-state index in [2.05, 4.69) is 21.3 Å². The summed E-state index contributed by atoms with van der Waals surface area (Å²) in [6.07, 6.45) is 5.22. The van der Waals surface area contributed by atoms with Crippen LogP contribution < -0.4 is 5.32 Å². The number of nitrogens with zero attached hydrogens (tertiary/aromatic N) is 3. The molecule has 0 aromatic rings. The third-order valence-electron chi connectivity index (χ3n) is 2.62. The highest BCUT2D eigenvalue weighted by atomic mass is 15.3. The third kappa shape index (κ3) is 4.20. The van der Waals surface area contributed by atoms with E-state index in [1.165, 1.54) is 12.8 Å². The summed E-state index contributed by atoms with van der Waals surface area (Å²) in [6, 6.07) is 2.16. The number of hydrogen-bond donors (Lipinski definition) is 1. The number of hydrogen-bond acceptors (Lipinski definition) is 2.